The van der Waals surface area contributed by atoms with E-state index < -0.39 is 0 Å². The van der Waals surface area contributed by atoms with Crippen molar-refractivity contribution < 1.29 is 9.59 Å². The minimum absolute atomic E-state index is 0.0355. The fourth-order valence-corrected chi connectivity index (χ4v) is 4.91. The molecule has 7 heteroatoms. The third-order valence-corrected chi connectivity index (χ3v) is 6.61. The summed E-state index contributed by atoms with van der Waals surface area (Å²) in [7, 11) is 0. The van der Waals surface area contributed by atoms with Crippen LogP contribution in [0.1, 0.15) is 41.0 Å². The zero-order valence-electron chi connectivity index (χ0n) is 17.4. The second-order valence-corrected chi connectivity index (χ2v) is 8.53. The van der Waals surface area contributed by atoms with Crippen LogP contribution in [0.15, 0.2) is 30.3 Å². The first-order valence-corrected chi connectivity index (χ1v) is 11.2. The van der Waals surface area contributed by atoms with E-state index >= 15 is 0 Å². The lowest BCUT2D eigenvalue weighted by molar-refractivity contribution is -0.131. The highest BCUT2D eigenvalue weighted by atomic mass is 16.2. The van der Waals surface area contributed by atoms with Gasteiger partial charge in [0, 0.05) is 50.5 Å². The summed E-state index contributed by atoms with van der Waals surface area (Å²) >= 11 is 0. The molecule has 0 N–H and O–H groups in total. The molecule has 7 nitrogen and oxygen atoms in total. The number of carbonyl (C=O) groups excluding carboxylic acids is 2. The van der Waals surface area contributed by atoms with E-state index in [1.807, 2.05) is 44.8 Å². The van der Waals surface area contributed by atoms with E-state index in [-0.39, 0.29) is 11.8 Å². The molecule has 158 valence electrons. The van der Waals surface area contributed by atoms with Gasteiger partial charge in [-0.2, -0.15) is 5.10 Å². The lowest BCUT2D eigenvalue weighted by Gasteiger charge is -2.34. The van der Waals surface area contributed by atoms with Crippen molar-refractivity contribution in [2.45, 2.75) is 32.1 Å². The van der Waals surface area contributed by atoms with Gasteiger partial charge in [0.2, 0.25) is 5.91 Å². The molecular weight excluding hydrogens is 378 g/mol. The van der Waals surface area contributed by atoms with Crippen LogP contribution in [-0.4, -0.2) is 82.1 Å². The number of hydrogen-bond donors (Lipinski definition) is 0. The Bertz CT molecular complexity index is 925. The monoisotopic (exact) mass is 407 g/mol. The SMILES string of the molecule is O=C(CN1CCN(C(=O)c2nn(-c3ccccc3)c3c2CCC3)CC1)N1CCCC1. The third-order valence-electron chi connectivity index (χ3n) is 6.61. The van der Waals surface area contributed by atoms with Crippen LogP contribution in [0.3, 0.4) is 0 Å². The molecular formula is C23H29N5O2. The van der Waals surface area contributed by atoms with Gasteiger partial charge in [0.15, 0.2) is 5.69 Å². The van der Waals surface area contributed by atoms with E-state index in [1.165, 1.54) is 5.69 Å². The number of aromatic nitrogens is 2. The average Bonchev–Trinajstić information content (AvgIpc) is 3.52. The Morgan fingerprint density at radius 3 is 2.30 bits per heavy atom. The van der Waals surface area contributed by atoms with Crippen LogP contribution < -0.4 is 0 Å². The highest BCUT2D eigenvalue weighted by Gasteiger charge is 2.31. The van der Waals surface area contributed by atoms with Gasteiger partial charge in [0.25, 0.3) is 5.91 Å². The lowest BCUT2D eigenvalue weighted by atomic mass is 10.1. The third kappa shape index (κ3) is 3.62. The average molecular weight is 408 g/mol. The molecule has 1 aliphatic carbocycles. The van der Waals surface area contributed by atoms with Crippen molar-refractivity contribution in [1.82, 2.24) is 24.5 Å². The van der Waals surface area contributed by atoms with Crippen LogP contribution in [0.5, 0.6) is 0 Å². The predicted octanol–water partition coefficient (Wildman–Crippen LogP) is 1.74. The number of rotatable bonds is 4. The summed E-state index contributed by atoms with van der Waals surface area (Å²) in [4.78, 5) is 31.8. The lowest BCUT2D eigenvalue weighted by Crippen LogP contribution is -2.51. The minimum atomic E-state index is 0.0355. The van der Waals surface area contributed by atoms with E-state index in [4.69, 9.17) is 5.10 Å². The van der Waals surface area contributed by atoms with Crippen LogP contribution in [-0.2, 0) is 17.6 Å². The molecule has 3 aliphatic rings. The number of fused-ring (bicyclic) bond motifs is 1. The maximum atomic E-state index is 13.3. The number of likely N-dealkylation sites (tertiary alicyclic amines) is 1. The highest BCUT2D eigenvalue weighted by Crippen LogP contribution is 2.28. The number of nitrogens with zero attached hydrogens (tertiary/aromatic N) is 5. The largest absolute Gasteiger partial charge is 0.342 e. The smallest absolute Gasteiger partial charge is 0.274 e. The Balaban J connectivity index is 1.26. The van der Waals surface area contributed by atoms with Crippen LogP contribution in [0.4, 0.5) is 0 Å². The first-order chi connectivity index (χ1) is 14.7. The zero-order chi connectivity index (χ0) is 20.5. The van der Waals surface area contributed by atoms with Gasteiger partial charge in [-0.15, -0.1) is 0 Å². The Kier molecular flexibility index (Phi) is 5.29. The fourth-order valence-electron chi connectivity index (χ4n) is 4.91. The van der Waals surface area contributed by atoms with Crippen molar-refractivity contribution in [3.63, 3.8) is 0 Å². The van der Waals surface area contributed by atoms with Gasteiger partial charge >= 0.3 is 0 Å². The molecule has 3 heterocycles. The summed E-state index contributed by atoms with van der Waals surface area (Å²) in [5, 5.41) is 4.75. The first-order valence-electron chi connectivity index (χ1n) is 11.2. The minimum Gasteiger partial charge on any atom is -0.342 e. The van der Waals surface area contributed by atoms with Crippen LogP contribution in [0.25, 0.3) is 5.69 Å². The molecule has 0 unspecified atom stereocenters. The van der Waals surface area contributed by atoms with Crippen LogP contribution in [0.2, 0.25) is 0 Å². The molecule has 0 bridgehead atoms. The van der Waals surface area contributed by atoms with Gasteiger partial charge in [0.05, 0.1) is 12.2 Å². The van der Waals surface area contributed by atoms with Crippen molar-refractivity contribution in [3.05, 3.63) is 47.3 Å². The van der Waals surface area contributed by atoms with Gasteiger partial charge in [-0.25, -0.2) is 4.68 Å². The number of hydrogen-bond acceptors (Lipinski definition) is 4. The van der Waals surface area contributed by atoms with Gasteiger partial charge in [-0.05, 0) is 44.2 Å². The molecule has 2 aromatic rings. The quantitative estimate of drug-likeness (QED) is 0.775. The van der Waals surface area contributed by atoms with Gasteiger partial charge in [0.1, 0.15) is 0 Å². The summed E-state index contributed by atoms with van der Waals surface area (Å²) in [5.41, 5.74) is 3.93. The molecule has 30 heavy (non-hydrogen) atoms. The molecule has 2 fully saturated rings. The van der Waals surface area contributed by atoms with Crippen molar-refractivity contribution in [2.75, 3.05) is 45.8 Å². The fraction of sp³-hybridized carbons (Fsp3) is 0.522. The van der Waals surface area contributed by atoms with Crippen molar-refractivity contribution in [1.29, 1.82) is 0 Å². The topological polar surface area (TPSA) is 61.7 Å². The van der Waals surface area contributed by atoms with E-state index in [0.29, 0.717) is 25.3 Å². The molecule has 0 spiro atoms. The predicted molar refractivity (Wildman–Crippen MR) is 114 cm³/mol. The van der Waals surface area contributed by atoms with E-state index in [1.54, 1.807) is 0 Å². The Morgan fingerprint density at radius 2 is 1.57 bits per heavy atom. The van der Waals surface area contributed by atoms with Crippen LogP contribution in [0, 0.1) is 0 Å². The van der Waals surface area contributed by atoms with Gasteiger partial charge in [-0.3, -0.25) is 14.5 Å². The number of para-hydroxylation sites is 1. The van der Waals surface area contributed by atoms with E-state index in [0.717, 1.165) is 69.5 Å². The summed E-state index contributed by atoms with van der Waals surface area (Å²) in [6.45, 7) is 5.05. The summed E-state index contributed by atoms with van der Waals surface area (Å²) in [5.74, 6) is 0.264. The molecule has 0 radical (unpaired) electrons. The second-order valence-electron chi connectivity index (χ2n) is 8.53. The normalized spacial score (nSPS) is 19.3. The van der Waals surface area contributed by atoms with E-state index in [2.05, 4.69) is 4.90 Å². The summed E-state index contributed by atoms with van der Waals surface area (Å²) in [6, 6.07) is 10.1. The molecule has 1 aromatic carbocycles. The Morgan fingerprint density at radius 1 is 0.833 bits per heavy atom. The maximum Gasteiger partial charge on any atom is 0.274 e. The molecule has 5 rings (SSSR count). The Hall–Kier alpha value is -2.67. The number of carbonyl (C=O) groups is 2. The Labute approximate surface area is 177 Å². The van der Waals surface area contributed by atoms with Crippen molar-refractivity contribution >= 4 is 11.8 Å². The summed E-state index contributed by atoms with van der Waals surface area (Å²) in [6.07, 6.45) is 5.21. The molecule has 0 saturated carbocycles. The van der Waals surface area contributed by atoms with Crippen molar-refractivity contribution in [3.8, 4) is 5.69 Å². The molecule has 2 aliphatic heterocycles. The molecule has 1 aromatic heterocycles. The zero-order valence-corrected chi connectivity index (χ0v) is 17.4. The first kappa shape index (κ1) is 19.3. The van der Waals surface area contributed by atoms with Crippen LogP contribution >= 0.6 is 0 Å². The summed E-state index contributed by atoms with van der Waals surface area (Å²) < 4.78 is 1.96. The molecule has 2 saturated heterocycles. The number of piperazine rings is 1. The van der Waals surface area contributed by atoms with E-state index in [9.17, 15) is 9.59 Å². The molecule has 2 amide bonds. The highest BCUT2D eigenvalue weighted by molar-refractivity contribution is 5.94. The van der Waals surface area contributed by atoms with Gasteiger partial charge in [-0.1, -0.05) is 18.2 Å². The standard InChI is InChI=1S/C23H29N5O2/c29-21(26-11-4-5-12-26)17-25-13-15-27(16-14-25)23(30)22-19-9-6-10-20(19)28(24-22)18-7-2-1-3-8-18/h1-3,7-8H,4-6,9-17H2. The van der Waals surface area contributed by atoms with Crippen molar-refractivity contribution in [2.24, 2.45) is 0 Å². The van der Waals surface area contributed by atoms with Gasteiger partial charge < -0.3 is 9.80 Å². The maximum absolute atomic E-state index is 13.3. The number of benzene rings is 1. The number of amides is 2. The molecule has 0 atom stereocenters. The second kappa shape index (κ2) is 8.22.